The quantitative estimate of drug-likeness (QED) is 0.662. The van der Waals surface area contributed by atoms with Gasteiger partial charge in [0.2, 0.25) is 0 Å². The number of carbonyl (C=O) groups excluding carboxylic acids is 1. The summed E-state index contributed by atoms with van der Waals surface area (Å²) in [6.45, 7) is 4.39. The van der Waals surface area contributed by atoms with E-state index in [-0.39, 0.29) is 16.9 Å². The SMILES string of the molecule is COC(=O)CC1(N)CCC(C)(C)C1. The van der Waals surface area contributed by atoms with Gasteiger partial charge in [-0.1, -0.05) is 13.8 Å². The predicted octanol–water partition coefficient (Wildman–Crippen LogP) is 1.46. The smallest absolute Gasteiger partial charge is 0.307 e. The minimum absolute atomic E-state index is 0.194. The number of ether oxygens (including phenoxy) is 1. The number of hydrogen-bond acceptors (Lipinski definition) is 3. The molecule has 0 aromatic rings. The summed E-state index contributed by atoms with van der Waals surface area (Å²) in [6.07, 6.45) is 3.29. The Morgan fingerprint density at radius 3 is 2.46 bits per heavy atom. The molecule has 0 radical (unpaired) electrons. The van der Waals surface area contributed by atoms with Crippen LogP contribution in [0.1, 0.15) is 39.5 Å². The van der Waals surface area contributed by atoms with Crippen molar-refractivity contribution in [3.8, 4) is 0 Å². The molecule has 2 N–H and O–H groups in total. The molecule has 1 aliphatic rings. The Kier molecular flexibility index (Phi) is 2.66. The average Bonchev–Trinajstić information content (AvgIpc) is 2.25. The maximum atomic E-state index is 11.1. The highest BCUT2D eigenvalue weighted by molar-refractivity contribution is 5.70. The molecule has 1 rings (SSSR count). The van der Waals surface area contributed by atoms with Crippen molar-refractivity contribution in [3.05, 3.63) is 0 Å². The second-order valence-corrected chi connectivity index (χ2v) is 4.96. The molecule has 0 spiro atoms. The van der Waals surface area contributed by atoms with Crippen molar-refractivity contribution < 1.29 is 9.53 Å². The van der Waals surface area contributed by atoms with E-state index < -0.39 is 0 Å². The number of methoxy groups -OCH3 is 1. The molecular weight excluding hydrogens is 166 g/mol. The Labute approximate surface area is 79.6 Å². The number of nitrogens with two attached hydrogens (primary N) is 1. The monoisotopic (exact) mass is 185 g/mol. The normalized spacial score (nSPS) is 31.7. The molecule has 3 heteroatoms. The number of esters is 1. The van der Waals surface area contributed by atoms with Crippen molar-refractivity contribution in [1.29, 1.82) is 0 Å². The van der Waals surface area contributed by atoms with Crippen LogP contribution in [0, 0.1) is 5.41 Å². The lowest BCUT2D eigenvalue weighted by Gasteiger charge is -2.25. The summed E-state index contributed by atoms with van der Waals surface area (Å²) >= 11 is 0. The van der Waals surface area contributed by atoms with E-state index in [0.29, 0.717) is 6.42 Å². The molecule has 0 aromatic heterocycles. The van der Waals surface area contributed by atoms with Crippen molar-refractivity contribution in [2.45, 2.75) is 45.1 Å². The topological polar surface area (TPSA) is 52.3 Å². The van der Waals surface area contributed by atoms with Crippen LogP contribution in [0.15, 0.2) is 0 Å². The number of rotatable bonds is 2. The molecule has 0 bridgehead atoms. The van der Waals surface area contributed by atoms with Crippen LogP contribution in [0.2, 0.25) is 0 Å². The Balaban J connectivity index is 2.55. The van der Waals surface area contributed by atoms with E-state index in [2.05, 4.69) is 18.6 Å². The zero-order chi connectivity index (χ0) is 10.1. The minimum atomic E-state index is -0.323. The molecule has 1 unspecified atom stereocenters. The fourth-order valence-corrected chi connectivity index (χ4v) is 2.23. The molecular formula is C10H19NO2. The zero-order valence-electron chi connectivity index (χ0n) is 8.72. The van der Waals surface area contributed by atoms with E-state index in [4.69, 9.17) is 5.73 Å². The number of carbonyl (C=O) groups is 1. The largest absolute Gasteiger partial charge is 0.469 e. The van der Waals surface area contributed by atoms with Crippen LogP contribution in [-0.2, 0) is 9.53 Å². The molecule has 76 valence electrons. The van der Waals surface area contributed by atoms with E-state index in [9.17, 15) is 4.79 Å². The molecule has 0 heterocycles. The van der Waals surface area contributed by atoms with Crippen molar-refractivity contribution in [1.82, 2.24) is 0 Å². The maximum Gasteiger partial charge on any atom is 0.307 e. The summed E-state index contributed by atoms with van der Waals surface area (Å²) in [5.41, 5.74) is 6.07. The second-order valence-electron chi connectivity index (χ2n) is 4.96. The first kappa shape index (κ1) is 10.5. The van der Waals surface area contributed by atoms with Crippen LogP contribution in [0.3, 0.4) is 0 Å². The van der Waals surface area contributed by atoms with Crippen LogP contribution in [0.4, 0.5) is 0 Å². The lowest BCUT2D eigenvalue weighted by Crippen LogP contribution is -2.40. The summed E-state index contributed by atoms with van der Waals surface area (Å²) in [6, 6.07) is 0. The molecule has 1 aliphatic carbocycles. The van der Waals surface area contributed by atoms with Gasteiger partial charge >= 0.3 is 5.97 Å². The standard InChI is InChI=1S/C10H19NO2/c1-9(2)4-5-10(11,7-9)6-8(12)13-3/h4-7,11H2,1-3H3. The first-order valence-electron chi connectivity index (χ1n) is 4.73. The Bertz CT molecular complexity index is 213. The van der Waals surface area contributed by atoms with Crippen LogP contribution < -0.4 is 5.73 Å². The van der Waals surface area contributed by atoms with Crippen LogP contribution in [0.25, 0.3) is 0 Å². The molecule has 1 atom stereocenters. The third-order valence-corrected chi connectivity index (χ3v) is 2.85. The Morgan fingerprint density at radius 1 is 1.46 bits per heavy atom. The number of hydrogen-bond donors (Lipinski definition) is 1. The van der Waals surface area contributed by atoms with Gasteiger partial charge in [-0.05, 0) is 24.7 Å². The first-order valence-corrected chi connectivity index (χ1v) is 4.73. The fraction of sp³-hybridized carbons (Fsp3) is 0.900. The van der Waals surface area contributed by atoms with Crippen molar-refractivity contribution >= 4 is 5.97 Å². The van der Waals surface area contributed by atoms with Gasteiger partial charge in [0.15, 0.2) is 0 Å². The third kappa shape index (κ3) is 2.69. The third-order valence-electron chi connectivity index (χ3n) is 2.85. The summed E-state index contributed by atoms with van der Waals surface area (Å²) in [5, 5.41) is 0. The zero-order valence-corrected chi connectivity index (χ0v) is 8.72. The summed E-state index contributed by atoms with van der Waals surface area (Å²) in [5.74, 6) is -0.194. The van der Waals surface area contributed by atoms with Crippen molar-refractivity contribution in [3.63, 3.8) is 0 Å². The first-order chi connectivity index (χ1) is 5.87. The summed E-state index contributed by atoms with van der Waals surface area (Å²) < 4.78 is 4.63. The molecule has 1 fully saturated rings. The summed E-state index contributed by atoms with van der Waals surface area (Å²) in [7, 11) is 1.41. The molecule has 3 nitrogen and oxygen atoms in total. The van der Waals surface area contributed by atoms with Crippen LogP contribution in [0.5, 0.6) is 0 Å². The summed E-state index contributed by atoms with van der Waals surface area (Å²) in [4.78, 5) is 11.1. The molecule has 13 heavy (non-hydrogen) atoms. The molecule has 1 saturated carbocycles. The van der Waals surface area contributed by atoms with Gasteiger partial charge in [-0.25, -0.2) is 0 Å². The highest BCUT2D eigenvalue weighted by atomic mass is 16.5. The molecule has 0 aliphatic heterocycles. The van der Waals surface area contributed by atoms with Gasteiger partial charge in [-0.3, -0.25) is 4.79 Å². The van der Waals surface area contributed by atoms with E-state index >= 15 is 0 Å². The predicted molar refractivity (Wildman–Crippen MR) is 51.2 cm³/mol. The van der Waals surface area contributed by atoms with E-state index in [1.807, 2.05) is 0 Å². The van der Waals surface area contributed by atoms with Crippen LogP contribution >= 0.6 is 0 Å². The second kappa shape index (κ2) is 3.29. The Hall–Kier alpha value is -0.570. The maximum absolute atomic E-state index is 11.1. The minimum Gasteiger partial charge on any atom is -0.469 e. The lowest BCUT2D eigenvalue weighted by molar-refractivity contribution is -0.142. The van der Waals surface area contributed by atoms with Gasteiger partial charge in [0, 0.05) is 5.54 Å². The van der Waals surface area contributed by atoms with Gasteiger partial charge in [0.1, 0.15) is 0 Å². The van der Waals surface area contributed by atoms with E-state index in [1.54, 1.807) is 0 Å². The van der Waals surface area contributed by atoms with E-state index in [0.717, 1.165) is 19.3 Å². The molecule has 0 aromatic carbocycles. The van der Waals surface area contributed by atoms with Gasteiger partial charge in [-0.15, -0.1) is 0 Å². The van der Waals surface area contributed by atoms with Gasteiger partial charge in [0.05, 0.1) is 13.5 Å². The van der Waals surface area contributed by atoms with Crippen molar-refractivity contribution in [2.75, 3.05) is 7.11 Å². The van der Waals surface area contributed by atoms with E-state index in [1.165, 1.54) is 7.11 Å². The fourth-order valence-electron chi connectivity index (χ4n) is 2.23. The van der Waals surface area contributed by atoms with Gasteiger partial charge < -0.3 is 10.5 Å². The van der Waals surface area contributed by atoms with Crippen molar-refractivity contribution in [2.24, 2.45) is 11.1 Å². The Morgan fingerprint density at radius 2 is 2.08 bits per heavy atom. The highest BCUT2D eigenvalue weighted by Crippen LogP contribution is 2.43. The van der Waals surface area contributed by atoms with Gasteiger partial charge in [-0.2, -0.15) is 0 Å². The molecule has 0 saturated heterocycles. The molecule has 0 amide bonds. The van der Waals surface area contributed by atoms with Gasteiger partial charge in [0.25, 0.3) is 0 Å². The van der Waals surface area contributed by atoms with Crippen LogP contribution in [-0.4, -0.2) is 18.6 Å². The lowest BCUT2D eigenvalue weighted by atomic mass is 9.86. The average molecular weight is 185 g/mol. The highest BCUT2D eigenvalue weighted by Gasteiger charge is 2.41.